The van der Waals surface area contributed by atoms with Gasteiger partial charge in [-0.1, -0.05) is 12.1 Å². The third-order valence-electron chi connectivity index (χ3n) is 1.08. The van der Waals surface area contributed by atoms with Crippen molar-refractivity contribution < 1.29 is 8.42 Å². The van der Waals surface area contributed by atoms with Crippen LogP contribution in [0.2, 0.25) is 0 Å². The van der Waals surface area contributed by atoms with Gasteiger partial charge in [0.1, 0.15) is 0 Å². The van der Waals surface area contributed by atoms with E-state index < -0.39 is 9.26 Å². The molecule has 0 aromatic heterocycles. The van der Waals surface area contributed by atoms with Crippen molar-refractivity contribution in [2.75, 3.05) is 5.73 Å². The summed E-state index contributed by atoms with van der Waals surface area (Å²) in [7, 11) is -1.42. The maximum absolute atomic E-state index is 10.2. The molecule has 0 aliphatic carbocycles. The minimum Gasteiger partial charge on any atom is -0.394 e. The van der Waals surface area contributed by atoms with Gasteiger partial charge in [-0.05, 0) is 6.07 Å². The van der Waals surface area contributed by atoms with Crippen molar-refractivity contribution in [2.24, 2.45) is 0 Å². The molecule has 0 bridgehead atoms. The van der Waals surface area contributed by atoms with Crippen LogP contribution < -0.4 is 5.73 Å². The Morgan fingerprint density at radius 2 is 1.83 bits per heavy atom. The molecule has 1 aromatic rings. The Balaban J connectivity index is 0.00000121. The SMILES string of the molecule is Nc1ccccc1[S+]=S(=O)=O.[Na]. The van der Waals surface area contributed by atoms with E-state index in [9.17, 15) is 8.42 Å². The number of nitrogens with two attached hydrogens (primary N) is 1. The van der Waals surface area contributed by atoms with E-state index in [1.165, 1.54) is 0 Å². The summed E-state index contributed by atoms with van der Waals surface area (Å²) in [6.45, 7) is 0. The molecular formula is C6H6NNaO2S2+. The number of nitrogen functional groups attached to an aromatic ring is 1. The number of rotatable bonds is 1. The minimum absolute atomic E-state index is 0. The molecule has 59 valence electrons. The van der Waals surface area contributed by atoms with Gasteiger partial charge in [0.05, 0.1) is 5.69 Å². The van der Waals surface area contributed by atoms with Gasteiger partial charge in [0.2, 0.25) is 0 Å². The van der Waals surface area contributed by atoms with Crippen molar-refractivity contribution >= 4 is 54.8 Å². The Kier molecular flexibility index (Phi) is 5.69. The van der Waals surface area contributed by atoms with Crippen LogP contribution in [0.15, 0.2) is 29.2 Å². The molecule has 2 N–H and O–H groups in total. The third-order valence-corrected chi connectivity index (χ3v) is 2.71. The van der Waals surface area contributed by atoms with E-state index in [4.69, 9.17) is 5.73 Å². The monoisotopic (exact) mass is 211 g/mol. The fourth-order valence-corrected chi connectivity index (χ4v) is 1.97. The maximum atomic E-state index is 10.2. The molecule has 0 aliphatic heterocycles. The second kappa shape index (κ2) is 5.66. The first-order chi connectivity index (χ1) is 5.20. The Morgan fingerprint density at radius 1 is 1.25 bits per heavy atom. The van der Waals surface area contributed by atoms with E-state index >= 15 is 0 Å². The smallest absolute Gasteiger partial charge is 0.394 e. The normalized spacial score (nSPS) is 8.33. The van der Waals surface area contributed by atoms with E-state index in [1.807, 2.05) is 0 Å². The fraction of sp³-hybridized carbons (Fsp3) is 0. The Bertz CT molecular complexity index is 380. The first-order valence-electron chi connectivity index (χ1n) is 2.82. The molecule has 0 aliphatic rings. The van der Waals surface area contributed by atoms with Gasteiger partial charge >= 0.3 is 19.6 Å². The molecule has 0 heterocycles. The zero-order valence-corrected chi connectivity index (χ0v) is 10.2. The van der Waals surface area contributed by atoms with Crippen LogP contribution in [0, 0.1) is 0 Å². The zero-order chi connectivity index (χ0) is 8.27. The van der Waals surface area contributed by atoms with Gasteiger partial charge in [-0.15, -0.1) is 8.42 Å². The number of hydrogen-bond acceptors (Lipinski definition) is 3. The molecule has 0 saturated heterocycles. The molecule has 0 atom stereocenters. The van der Waals surface area contributed by atoms with E-state index in [-0.39, 0.29) is 29.6 Å². The van der Waals surface area contributed by atoms with Crippen LogP contribution in [0.4, 0.5) is 5.69 Å². The second-order valence-corrected chi connectivity index (χ2v) is 4.16. The third kappa shape index (κ3) is 3.64. The topological polar surface area (TPSA) is 60.2 Å². The van der Waals surface area contributed by atoms with Crippen LogP contribution in [0.3, 0.4) is 0 Å². The zero-order valence-electron chi connectivity index (χ0n) is 6.52. The summed E-state index contributed by atoms with van der Waals surface area (Å²) in [5, 5.41) is 0. The molecule has 1 aromatic carbocycles. The Morgan fingerprint density at radius 3 is 2.33 bits per heavy atom. The van der Waals surface area contributed by atoms with Crippen molar-refractivity contribution in [3.63, 3.8) is 0 Å². The number of benzene rings is 1. The molecule has 0 spiro atoms. The summed E-state index contributed by atoms with van der Waals surface area (Å²) in [5.41, 5.74) is 5.96. The van der Waals surface area contributed by atoms with Crippen LogP contribution in [-0.4, -0.2) is 38.0 Å². The standard InChI is InChI=1S/C6H6NO2S2.Na/c7-5-3-1-2-4-6(5)10-11(8)9;/h1-4H,7H2;/q+1;. The van der Waals surface area contributed by atoms with Gasteiger partial charge in [-0.25, -0.2) is 0 Å². The van der Waals surface area contributed by atoms with Crippen molar-refractivity contribution in [1.29, 1.82) is 0 Å². The number of hydrogen-bond donors (Lipinski definition) is 1. The average Bonchev–Trinajstić information content (AvgIpc) is 1.93. The van der Waals surface area contributed by atoms with Crippen molar-refractivity contribution in [2.45, 2.75) is 4.90 Å². The summed E-state index contributed by atoms with van der Waals surface area (Å²) in [5.74, 6) is 0. The predicted octanol–water partition coefficient (Wildman–Crippen LogP) is 0.124. The van der Waals surface area contributed by atoms with Crippen molar-refractivity contribution in [3.8, 4) is 0 Å². The summed E-state index contributed by atoms with van der Waals surface area (Å²) in [6, 6.07) is 6.82. The summed E-state index contributed by atoms with van der Waals surface area (Å²) in [6.07, 6.45) is 0. The molecule has 12 heavy (non-hydrogen) atoms. The van der Waals surface area contributed by atoms with Gasteiger partial charge in [-0.3, -0.25) is 0 Å². The molecular weight excluding hydrogens is 205 g/mol. The molecule has 1 rings (SSSR count). The summed E-state index contributed by atoms with van der Waals surface area (Å²) < 4.78 is 20.5. The van der Waals surface area contributed by atoms with Gasteiger partial charge < -0.3 is 5.73 Å². The maximum Gasteiger partial charge on any atom is 0.478 e. The Hall–Kier alpha value is 0.0600. The van der Waals surface area contributed by atoms with E-state index in [2.05, 4.69) is 0 Å². The van der Waals surface area contributed by atoms with E-state index in [0.717, 1.165) is 0 Å². The number of anilines is 1. The van der Waals surface area contributed by atoms with Crippen LogP contribution in [-0.2, 0) is 19.6 Å². The van der Waals surface area contributed by atoms with E-state index in [1.54, 1.807) is 24.3 Å². The first kappa shape index (κ1) is 12.1. The average molecular weight is 211 g/mol. The van der Waals surface area contributed by atoms with Gasteiger partial charge in [-0.2, -0.15) is 0 Å². The number of para-hydroxylation sites is 1. The molecule has 0 unspecified atom stereocenters. The van der Waals surface area contributed by atoms with Crippen molar-refractivity contribution in [3.05, 3.63) is 24.3 Å². The molecule has 6 heteroatoms. The molecule has 1 radical (unpaired) electrons. The van der Waals surface area contributed by atoms with Gasteiger partial charge in [0.15, 0.2) is 0 Å². The van der Waals surface area contributed by atoms with Crippen LogP contribution in [0.25, 0.3) is 0 Å². The Labute approximate surface area is 97.4 Å². The van der Waals surface area contributed by atoms with E-state index in [0.29, 0.717) is 20.9 Å². The molecule has 3 nitrogen and oxygen atoms in total. The fourth-order valence-electron chi connectivity index (χ4n) is 0.630. The quantitative estimate of drug-likeness (QED) is 0.408. The molecule has 0 amide bonds. The minimum atomic E-state index is -2.14. The first-order valence-corrected chi connectivity index (χ1v) is 5.23. The predicted molar refractivity (Wildman–Crippen MR) is 51.2 cm³/mol. The van der Waals surface area contributed by atoms with Gasteiger partial charge in [0.25, 0.3) is 4.90 Å². The second-order valence-electron chi connectivity index (χ2n) is 1.83. The largest absolute Gasteiger partial charge is 0.478 e. The van der Waals surface area contributed by atoms with Crippen LogP contribution >= 0.6 is 0 Å². The van der Waals surface area contributed by atoms with Crippen LogP contribution in [0.5, 0.6) is 0 Å². The van der Waals surface area contributed by atoms with Crippen molar-refractivity contribution in [1.82, 2.24) is 0 Å². The summed E-state index contributed by atoms with van der Waals surface area (Å²) >= 11 is 0. The van der Waals surface area contributed by atoms with Gasteiger partial charge in [0, 0.05) is 35.6 Å². The molecule has 0 saturated carbocycles. The van der Waals surface area contributed by atoms with Crippen LogP contribution in [0.1, 0.15) is 0 Å². The summed E-state index contributed by atoms with van der Waals surface area (Å²) in [4.78, 5) is 0.570. The molecule has 0 fully saturated rings.